The lowest BCUT2D eigenvalue weighted by Crippen LogP contribution is -2.69. The van der Waals surface area contributed by atoms with Gasteiger partial charge in [-0.05, 0) is 35.6 Å². The number of phenols is 1. The molecule has 2 aromatic carbocycles. The molecule has 67 heavy (non-hydrogen) atoms. The number of carboxylic acid groups (broad SMARTS) is 2. The SMILES string of the molecule is CC(C)C[C@H](NC(=O)NC1OC(C(=O)NC2OC(C(=O)O)C(O)C(O)C2O)C(O)C(O)C1O)C(=O)N[C@@H](Cc1ccccc1)C(=O)NCC(=O)NCC(=O)N[C@@H](Cc1ccc(O)cc1)C(=O)O. The van der Waals surface area contributed by atoms with Gasteiger partial charge >= 0.3 is 18.0 Å². The normalized spacial score (nSPS) is 26.1. The van der Waals surface area contributed by atoms with Gasteiger partial charge in [-0.25, -0.2) is 14.4 Å². The number of benzene rings is 2. The van der Waals surface area contributed by atoms with Crippen LogP contribution in [0.25, 0.3) is 0 Å². The summed E-state index contributed by atoms with van der Waals surface area (Å²) in [5, 5.41) is 106. The molecule has 0 saturated carbocycles. The summed E-state index contributed by atoms with van der Waals surface area (Å²) < 4.78 is 10.4. The van der Waals surface area contributed by atoms with E-state index in [4.69, 9.17) is 9.47 Å². The summed E-state index contributed by atoms with van der Waals surface area (Å²) in [5.41, 5.74) is 1.07. The van der Waals surface area contributed by atoms with E-state index in [1.807, 2.05) is 5.32 Å². The number of aliphatic carboxylic acids is 2. The zero-order valence-corrected chi connectivity index (χ0v) is 35.9. The maximum atomic E-state index is 13.8. The Kier molecular flexibility index (Phi) is 19.3. The Bertz CT molecular complexity index is 2060. The largest absolute Gasteiger partial charge is 0.508 e. The minimum Gasteiger partial charge on any atom is -0.508 e. The molecule has 2 aliphatic heterocycles. The van der Waals surface area contributed by atoms with Crippen LogP contribution in [0.15, 0.2) is 54.6 Å². The average Bonchev–Trinajstić information content (AvgIpc) is 3.27. The summed E-state index contributed by atoms with van der Waals surface area (Å²) in [5.74, 6) is -8.32. The lowest BCUT2D eigenvalue weighted by atomic mass is 9.96. The molecule has 0 aromatic heterocycles. The number of aliphatic hydroxyl groups is 6. The van der Waals surface area contributed by atoms with Crippen LogP contribution in [0.5, 0.6) is 5.75 Å². The van der Waals surface area contributed by atoms with E-state index in [0.717, 1.165) is 0 Å². The van der Waals surface area contributed by atoms with Gasteiger partial charge < -0.3 is 92.6 Å². The Morgan fingerprint density at radius 2 is 1.10 bits per heavy atom. The molecule has 26 heteroatoms. The third-order valence-corrected chi connectivity index (χ3v) is 10.4. The van der Waals surface area contributed by atoms with E-state index in [0.29, 0.717) is 11.1 Å². The fourth-order valence-corrected chi connectivity index (χ4v) is 6.85. The van der Waals surface area contributed by atoms with Crippen molar-refractivity contribution in [2.75, 3.05) is 13.1 Å². The number of amides is 7. The first kappa shape index (κ1) is 53.1. The van der Waals surface area contributed by atoms with Crippen LogP contribution in [-0.2, 0) is 55.9 Å². The standard InChI is InChI=1S/C41H55N7O19/c1-17(2)12-21(46-41(65)48-38-31(57)26(52)28(54)32(66-38)36(60)47-37-30(56)27(53)29(55)33(67-37)40(63)64)35(59)45-22(13-18-6-4-3-5-7-18)34(58)43-15-24(50)42-16-25(51)44-23(39(61)62)14-19-8-10-20(49)11-9-19/h3-11,17,21-23,26-33,37-38,49,52-57H,12-16H2,1-2H3,(H,42,50)(H,43,58)(H,44,51)(H,45,59)(H,47,60)(H,61,62)(H,63,64)(H2,46,48,65)/t21-,22-,23-,26?,27?,28?,29?,30?,31?,32?,33?,37?,38?/m0/s1. The molecular weight excluding hydrogens is 894 g/mol. The lowest BCUT2D eigenvalue weighted by Gasteiger charge is -2.42. The Balaban J connectivity index is 1.37. The minimum absolute atomic E-state index is 0.0392. The third kappa shape index (κ3) is 15.3. The molecule has 2 heterocycles. The number of urea groups is 1. The van der Waals surface area contributed by atoms with Crippen molar-refractivity contribution >= 4 is 47.5 Å². The highest BCUT2D eigenvalue weighted by molar-refractivity contribution is 5.94. The van der Waals surface area contributed by atoms with Crippen LogP contribution in [0.2, 0.25) is 0 Å². The van der Waals surface area contributed by atoms with Gasteiger partial charge in [-0.2, -0.15) is 0 Å². The van der Waals surface area contributed by atoms with Gasteiger partial charge in [0.1, 0.15) is 60.5 Å². The van der Waals surface area contributed by atoms with E-state index >= 15 is 0 Å². The highest BCUT2D eigenvalue weighted by atomic mass is 16.6. The Morgan fingerprint density at radius 1 is 0.567 bits per heavy atom. The zero-order chi connectivity index (χ0) is 49.7. The van der Waals surface area contributed by atoms with Crippen LogP contribution in [0, 0.1) is 5.92 Å². The maximum absolute atomic E-state index is 13.8. The summed E-state index contributed by atoms with van der Waals surface area (Å²) in [6, 6.07) is 8.61. The monoisotopic (exact) mass is 949 g/mol. The molecule has 2 aromatic rings. The maximum Gasteiger partial charge on any atom is 0.335 e. The molecule has 4 rings (SSSR count). The van der Waals surface area contributed by atoms with Crippen molar-refractivity contribution in [3.8, 4) is 5.75 Å². The van der Waals surface area contributed by atoms with Crippen molar-refractivity contribution in [2.24, 2.45) is 5.92 Å². The minimum atomic E-state index is -2.19. The molecule has 0 spiro atoms. The number of ether oxygens (including phenoxy) is 2. The van der Waals surface area contributed by atoms with Crippen molar-refractivity contribution in [1.29, 1.82) is 0 Å². The molecular formula is C41H55N7O19. The lowest BCUT2D eigenvalue weighted by molar-refractivity contribution is -0.241. The molecule has 2 saturated heterocycles. The molecule has 7 amide bonds. The van der Waals surface area contributed by atoms with Gasteiger partial charge in [0.05, 0.1) is 13.1 Å². The number of aliphatic hydroxyl groups excluding tert-OH is 6. The van der Waals surface area contributed by atoms with Crippen LogP contribution in [0.1, 0.15) is 31.4 Å². The second-order valence-corrected chi connectivity index (χ2v) is 16.1. The van der Waals surface area contributed by atoms with Gasteiger partial charge in [0.15, 0.2) is 24.7 Å². The molecule has 16 N–H and O–H groups in total. The number of carbonyl (C=O) groups is 8. The fraction of sp³-hybridized carbons (Fsp3) is 0.512. The first-order valence-electron chi connectivity index (χ1n) is 20.7. The number of carboxylic acids is 2. The van der Waals surface area contributed by atoms with Gasteiger partial charge in [0, 0.05) is 12.8 Å². The number of nitrogens with one attached hydrogen (secondary N) is 7. The van der Waals surface area contributed by atoms with E-state index < -0.39 is 140 Å². The number of hydrogen-bond acceptors (Lipinski definition) is 17. The van der Waals surface area contributed by atoms with Crippen molar-refractivity contribution in [3.63, 3.8) is 0 Å². The molecule has 2 aliphatic rings. The molecule has 26 nitrogen and oxygen atoms in total. The van der Waals surface area contributed by atoms with Crippen molar-refractivity contribution < 1.29 is 93.8 Å². The van der Waals surface area contributed by atoms with Crippen molar-refractivity contribution in [1.82, 2.24) is 37.2 Å². The van der Waals surface area contributed by atoms with Crippen LogP contribution < -0.4 is 37.2 Å². The van der Waals surface area contributed by atoms with Crippen molar-refractivity contribution in [2.45, 2.75) is 113 Å². The fourth-order valence-electron chi connectivity index (χ4n) is 6.85. The van der Waals surface area contributed by atoms with E-state index in [9.17, 15) is 84.3 Å². The second-order valence-electron chi connectivity index (χ2n) is 16.1. The Morgan fingerprint density at radius 3 is 1.69 bits per heavy atom. The predicted octanol–water partition coefficient (Wildman–Crippen LogP) is -6.01. The zero-order valence-electron chi connectivity index (χ0n) is 35.9. The summed E-state index contributed by atoms with van der Waals surface area (Å²) >= 11 is 0. The number of carbonyl (C=O) groups excluding carboxylic acids is 6. The summed E-state index contributed by atoms with van der Waals surface area (Å²) in [7, 11) is 0. The quantitative estimate of drug-likeness (QED) is 0.0587. The van der Waals surface area contributed by atoms with Crippen LogP contribution in [-0.4, -0.2) is 186 Å². The second kappa shape index (κ2) is 24.3. The molecule has 0 aliphatic carbocycles. The molecule has 10 unspecified atom stereocenters. The smallest absolute Gasteiger partial charge is 0.335 e. The first-order chi connectivity index (χ1) is 31.6. The highest BCUT2D eigenvalue weighted by Gasteiger charge is 2.51. The third-order valence-electron chi connectivity index (χ3n) is 10.4. The van der Waals surface area contributed by atoms with Gasteiger partial charge in [0.25, 0.3) is 5.91 Å². The highest BCUT2D eigenvalue weighted by Crippen LogP contribution is 2.24. The summed E-state index contributed by atoms with van der Waals surface area (Å²) in [4.78, 5) is 102. The number of aromatic hydroxyl groups is 1. The molecule has 2 fully saturated rings. The van der Waals surface area contributed by atoms with Crippen LogP contribution >= 0.6 is 0 Å². The van der Waals surface area contributed by atoms with Crippen LogP contribution in [0.4, 0.5) is 4.79 Å². The molecule has 13 atom stereocenters. The van der Waals surface area contributed by atoms with E-state index in [1.54, 1.807) is 44.2 Å². The number of phenolic OH excluding ortho intramolecular Hbond substituents is 1. The average molecular weight is 950 g/mol. The Labute approximate surface area is 381 Å². The molecule has 368 valence electrons. The van der Waals surface area contributed by atoms with Crippen molar-refractivity contribution in [3.05, 3.63) is 65.7 Å². The number of rotatable bonds is 20. The predicted molar refractivity (Wildman–Crippen MR) is 224 cm³/mol. The van der Waals surface area contributed by atoms with Gasteiger partial charge in [-0.1, -0.05) is 56.3 Å². The van der Waals surface area contributed by atoms with E-state index in [1.165, 1.54) is 24.3 Å². The van der Waals surface area contributed by atoms with E-state index in [-0.39, 0.29) is 30.9 Å². The molecule has 0 radical (unpaired) electrons. The summed E-state index contributed by atoms with van der Waals surface area (Å²) in [6.07, 6.45) is -21.3. The summed E-state index contributed by atoms with van der Waals surface area (Å²) in [6.45, 7) is 2.05. The Hall–Kier alpha value is -6.52. The van der Waals surface area contributed by atoms with Gasteiger partial charge in [-0.15, -0.1) is 0 Å². The first-order valence-corrected chi connectivity index (χ1v) is 20.7. The van der Waals surface area contributed by atoms with Gasteiger partial charge in [0.2, 0.25) is 23.6 Å². The van der Waals surface area contributed by atoms with Crippen LogP contribution in [0.3, 0.4) is 0 Å². The topological polar surface area (TPSA) is 421 Å². The van der Waals surface area contributed by atoms with Gasteiger partial charge in [-0.3, -0.25) is 24.0 Å². The van der Waals surface area contributed by atoms with E-state index in [2.05, 4.69) is 31.9 Å². The molecule has 0 bridgehead atoms. The number of hydrogen-bond donors (Lipinski definition) is 16.